The van der Waals surface area contributed by atoms with Crippen LogP contribution in [-0.2, 0) is 11.5 Å². The van der Waals surface area contributed by atoms with Crippen molar-refractivity contribution in [2.75, 3.05) is 5.08 Å². The lowest BCUT2D eigenvalue weighted by molar-refractivity contribution is 1.31. The first-order valence-electron chi connectivity index (χ1n) is 7.23. The summed E-state index contributed by atoms with van der Waals surface area (Å²) >= 11 is 7.48. The fourth-order valence-corrected chi connectivity index (χ4v) is 6.39. The van der Waals surface area contributed by atoms with Gasteiger partial charge < -0.3 is 0 Å². The minimum Gasteiger partial charge on any atom is -0.240 e. The third kappa shape index (κ3) is 3.71. The van der Waals surface area contributed by atoms with Crippen LogP contribution in [0.5, 0.6) is 0 Å². The van der Waals surface area contributed by atoms with Gasteiger partial charge in [0.25, 0.3) is 0 Å². The van der Waals surface area contributed by atoms with Crippen molar-refractivity contribution in [1.82, 2.24) is 9.97 Å². The van der Waals surface area contributed by atoms with Gasteiger partial charge in [0.15, 0.2) is 0 Å². The second-order valence-corrected chi connectivity index (χ2v) is 9.53. The first-order chi connectivity index (χ1) is 11.4. The molecule has 2 heterocycles. The lowest BCUT2D eigenvalue weighted by Gasteiger charge is -1.97. The number of thioether (sulfide) groups is 2. The molecule has 0 saturated carbocycles. The van der Waals surface area contributed by atoms with Gasteiger partial charge >= 0.3 is 0 Å². The number of benzene rings is 2. The Labute approximate surface area is 151 Å². The molecule has 0 radical (unpaired) electrons. The van der Waals surface area contributed by atoms with E-state index < -0.39 is 0 Å². The summed E-state index contributed by atoms with van der Waals surface area (Å²) in [6, 6.07) is 16.7. The van der Waals surface area contributed by atoms with Crippen LogP contribution in [0.4, 0.5) is 0 Å². The monoisotopic (exact) mass is 374 g/mol. The highest BCUT2D eigenvalue weighted by molar-refractivity contribution is 8.15. The summed E-state index contributed by atoms with van der Waals surface area (Å²) in [5, 5.41) is 3.51. The number of aromatic nitrogens is 2. The van der Waals surface area contributed by atoms with Crippen LogP contribution in [-0.4, -0.2) is 15.1 Å². The summed E-state index contributed by atoms with van der Waals surface area (Å²) in [4.78, 5) is 9.35. The fraction of sp³-hybridized carbons (Fsp3) is 0.176. The zero-order valence-electron chi connectivity index (χ0n) is 12.3. The van der Waals surface area contributed by atoms with E-state index in [0.29, 0.717) is 0 Å². The van der Waals surface area contributed by atoms with Crippen LogP contribution in [0.1, 0.15) is 10.0 Å². The second-order valence-electron chi connectivity index (χ2n) is 4.97. The van der Waals surface area contributed by atoms with Crippen LogP contribution in [0.25, 0.3) is 20.4 Å². The second kappa shape index (κ2) is 7.21. The van der Waals surface area contributed by atoms with Gasteiger partial charge in [-0.05, 0) is 24.3 Å². The predicted molar refractivity (Wildman–Crippen MR) is 107 cm³/mol. The Kier molecular flexibility index (Phi) is 4.85. The molecule has 0 aliphatic carbocycles. The first-order valence-corrected chi connectivity index (χ1v) is 11.2. The third-order valence-electron chi connectivity index (χ3n) is 3.29. The lowest BCUT2D eigenvalue weighted by Crippen LogP contribution is -1.81. The zero-order valence-corrected chi connectivity index (χ0v) is 15.5. The molecule has 4 aromatic rings. The molecule has 116 valence electrons. The van der Waals surface area contributed by atoms with E-state index in [2.05, 4.69) is 46.4 Å². The standard InChI is InChI=1S/C17H14N2S4/c1-3-7-14-12(5-1)18-16(22-14)9-20-11-21-10-17-19-13-6-2-4-8-15(13)23-17/h1-8H,9-11H2. The normalized spacial score (nSPS) is 11.5. The Morgan fingerprint density at radius 2 is 1.17 bits per heavy atom. The Hall–Kier alpha value is -1.08. The summed E-state index contributed by atoms with van der Waals surface area (Å²) < 4.78 is 2.57. The summed E-state index contributed by atoms with van der Waals surface area (Å²) in [5.74, 6) is 1.98. The molecule has 4 rings (SSSR count). The summed E-state index contributed by atoms with van der Waals surface area (Å²) in [6.45, 7) is 0. The van der Waals surface area contributed by atoms with E-state index in [4.69, 9.17) is 0 Å². The maximum Gasteiger partial charge on any atom is 0.104 e. The fourth-order valence-electron chi connectivity index (χ4n) is 2.28. The molecule has 0 aliphatic rings. The minimum atomic E-state index is 0.992. The Morgan fingerprint density at radius 3 is 1.65 bits per heavy atom. The SMILES string of the molecule is c1ccc2sc(CSCSCc3nc4ccccc4s3)nc2c1. The van der Waals surface area contributed by atoms with Gasteiger partial charge in [0, 0.05) is 16.6 Å². The minimum absolute atomic E-state index is 0.992. The zero-order chi connectivity index (χ0) is 15.5. The molecule has 0 aliphatic heterocycles. The molecule has 0 saturated heterocycles. The number of fused-ring (bicyclic) bond motifs is 2. The molecule has 2 nitrogen and oxygen atoms in total. The van der Waals surface area contributed by atoms with Crippen molar-refractivity contribution in [2.45, 2.75) is 11.5 Å². The van der Waals surface area contributed by atoms with Crippen LogP contribution in [0.3, 0.4) is 0 Å². The Bertz CT molecular complexity index is 786. The van der Waals surface area contributed by atoms with Crippen molar-refractivity contribution in [3.8, 4) is 0 Å². The number of thiazole rings is 2. The van der Waals surface area contributed by atoms with Crippen molar-refractivity contribution in [3.05, 3.63) is 58.5 Å². The van der Waals surface area contributed by atoms with Crippen LogP contribution in [0.2, 0.25) is 0 Å². The van der Waals surface area contributed by atoms with Crippen molar-refractivity contribution in [3.63, 3.8) is 0 Å². The van der Waals surface area contributed by atoms with Crippen molar-refractivity contribution in [2.24, 2.45) is 0 Å². The molecule has 2 aromatic heterocycles. The molecule has 0 fully saturated rings. The molecule has 0 N–H and O–H groups in total. The maximum atomic E-state index is 4.68. The molecule has 0 bridgehead atoms. The first kappa shape index (κ1) is 15.4. The van der Waals surface area contributed by atoms with Gasteiger partial charge in [0.05, 0.1) is 20.4 Å². The number of nitrogens with zero attached hydrogens (tertiary/aromatic N) is 2. The molecule has 6 heteroatoms. The molecular weight excluding hydrogens is 360 g/mol. The molecule has 0 amide bonds. The van der Waals surface area contributed by atoms with E-state index in [0.717, 1.165) is 27.6 Å². The van der Waals surface area contributed by atoms with Crippen LogP contribution in [0.15, 0.2) is 48.5 Å². The van der Waals surface area contributed by atoms with Crippen LogP contribution in [0, 0.1) is 0 Å². The topological polar surface area (TPSA) is 25.8 Å². The van der Waals surface area contributed by atoms with Gasteiger partial charge in [-0.25, -0.2) is 9.97 Å². The van der Waals surface area contributed by atoms with Gasteiger partial charge in [-0.1, -0.05) is 24.3 Å². The highest BCUT2D eigenvalue weighted by atomic mass is 32.2. The van der Waals surface area contributed by atoms with E-state index in [-0.39, 0.29) is 0 Å². The number of hydrogen-bond donors (Lipinski definition) is 0. The van der Waals surface area contributed by atoms with E-state index in [1.165, 1.54) is 19.4 Å². The van der Waals surface area contributed by atoms with Gasteiger partial charge in [0.2, 0.25) is 0 Å². The summed E-state index contributed by atoms with van der Waals surface area (Å²) in [5.41, 5.74) is 2.24. The predicted octanol–water partition coefficient (Wildman–Crippen LogP) is 6.03. The molecule has 23 heavy (non-hydrogen) atoms. The maximum absolute atomic E-state index is 4.68. The quantitative estimate of drug-likeness (QED) is 0.304. The van der Waals surface area contributed by atoms with Gasteiger partial charge in [-0.2, -0.15) is 0 Å². The number of hydrogen-bond acceptors (Lipinski definition) is 6. The van der Waals surface area contributed by atoms with Gasteiger partial charge in [-0.3, -0.25) is 0 Å². The molecule has 0 spiro atoms. The lowest BCUT2D eigenvalue weighted by atomic mass is 10.3. The van der Waals surface area contributed by atoms with Crippen LogP contribution < -0.4 is 0 Å². The van der Waals surface area contributed by atoms with Crippen molar-refractivity contribution < 1.29 is 0 Å². The van der Waals surface area contributed by atoms with E-state index in [9.17, 15) is 0 Å². The van der Waals surface area contributed by atoms with Gasteiger partial charge in [0.1, 0.15) is 10.0 Å². The smallest absolute Gasteiger partial charge is 0.104 e. The Balaban J connectivity index is 1.27. The van der Waals surface area contributed by atoms with Gasteiger partial charge in [-0.15, -0.1) is 46.2 Å². The summed E-state index contributed by atoms with van der Waals surface area (Å²) in [7, 11) is 0. The molecule has 2 aromatic carbocycles. The molecule has 0 atom stereocenters. The number of para-hydroxylation sites is 2. The summed E-state index contributed by atoms with van der Waals surface area (Å²) in [6.07, 6.45) is 0. The van der Waals surface area contributed by atoms with E-state index >= 15 is 0 Å². The Morgan fingerprint density at radius 1 is 0.696 bits per heavy atom. The van der Waals surface area contributed by atoms with Crippen molar-refractivity contribution >= 4 is 66.6 Å². The van der Waals surface area contributed by atoms with Crippen LogP contribution >= 0.6 is 46.2 Å². The third-order valence-corrected chi connectivity index (χ3v) is 8.02. The molecular formula is C17H14N2S4. The average molecular weight is 375 g/mol. The largest absolute Gasteiger partial charge is 0.240 e. The van der Waals surface area contributed by atoms with E-state index in [1.807, 2.05) is 35.7 Å². The highest BCUT2D eigenvalue weighted by Crippen LogP contribution is 2.29. The molecule has 0 unspecified atom stereocenters. The van der Waals surface area contributed by atoms with E-state index in [1.54, 1.807) is 22.7 Å². The highest BCUT2D eigenvalue weighted by Gasteiger charge is 2.05. The average Bonchev–Trinajstić information content (AvgIpc) is 3.17. The van der Waals surface area contributed by atoms with Crippen molar-refractivity contribution in [1.29, 1.82) is 0 Å². The number of rotatable bonds is 6.